The highest BCUT2D eigenvalue weighted by atomic mass is 16.2. The molecule has 1 fully saturated rings. The lowest BCUT2D eigenvalue weighted by Crippen LogP contribution is -2.45. The molecule has 5 nitrogen and oxygen atoms in total. The molecule has 1 amide bonds. The number of nitrogens with zero attached hydrogens (tertiary/aromatic N) is 3. The topological polar surface area (TPSA) is 55.2 Å². The van der Waals surface area contributed by atoms with Crippen LogP contribution in [0.15, 0.2) is 35.3 Å². The second-order valence-corrected chi connectivity index (χ2v) is 4.78. The van der Waals surface area contributed by atoms with Crippen molar-refractivity contribution in [2.75, 3.05) is 0 Å². The summed E-state index contributed by atoms with van der Waals surface area (Å²) in [6.45, 7) is 0.0422. The SMILES string of the molecule is O=C(Cn1ncccc1=O)N1C2C=CCC1CC2. The van der Waals surface area contributed by atoms with E-state index in [1.54, 1.807) is 6.07 Å². The largest absolute Gasteiger partial charge is 0.331 e. The molecule has 0 aliphatic carbocycles. The summed E-state index contributed by atoms with van der Waals surface area (Å²) < 4.78 is 1.22. The number of rotatable bonds is 2. The number of hydrogen-bond donors (Lipinski definition) is 0. The summed E-state index contributed by atoms with van der Waals surface area (Å²) in [4.78, 5) is 25.7. The quantitative estimate of drug-likeness (QED) is 0.715. The van der Waals surface area contributed by atoms with Gasteiger partial charge in [0.1, 0.15) is 6.54 Å². The lowest BCUT2D eigenvalue weighted by atomic mass is 10.1. The molecule has 2 unspecified atom stereocenters. The fourth-order valence-electron chi connectivity index (χ4n) is 2.83. The van der Waals surface area contributed by atoms with Gasteiger partial charge in [0.25, 0.3) is 5.56 Å². The summed E-state index contributed by atoms with van der Waals surface area (Å²) in [5.74, 6) is -0.00681. The van der Waals surface area contributed by atoms with Crippen molar-refractivity contribution in [1.29, 1.82) is 0 Å². The van der Waals surface area contributed by atoms with Gasteiger partial charge in [0.05, 0.1) is 6.04 Å². The van der Waals surface area contributed by atoms with Gasteiger partial charge < -0.3 is 4.90 Å². The zero-order valence-corrected chi connectivity index (χ0v) is 10.0. The van der Waals surface area contributed by atoms with E-state index in [4.69, 9.17) is 0 Å². The zero-order valence-electron chi connectivity index (χ0n) is 10.0. The molecule has 2 aliphatic heterocycles. The van der Waals surface area contributed by atoms with Crippen LogP contribution in [0, 0.1) is 0 Å². The minimum Gasteiger partial charge on any atom is -0.331 e. The maximum atomic E-state index is 12.3. The summed E-state index contributed by atoms with van der Waals surface area (Å²) in [7, 11) is 0. The van der Waals surface area contributed by atoms with Crippen molar-refractivity contribution in [3.63, 3.8) is 0 Å². The van der Waals surface area contributed by atoms with Crippen LogP contribution in [0.3, 0.4) is 0 Å². The lowest BCUT2D eigenvalue weighted by molar-refractivity contribution is -0.134. The van der Waals surface area contributed by atoms with Gasteiger partial charge in [-0.25, -0.2) is 4.68 Å². The van der Waals surface area contributed by atoms with Gasteiger partial charge in [0, 0.05) is 18.3 Å². The van der Waals surface area contributed by atoms with Crippen LogP contribution in [0.5, 0.6) is 0 Å². The Labute approximate surface area is 105 Å². The standard InChI is InChI=1S/C13H15N3O2/c17-12-5-2-8-14-15(12)9-13(18)16-10-3-1-4-11(16)7-6-10/h1-3,5,8,10-11H,4,6-7,9H2. The fraction of sp³-hybridized carbons (Fsp3) is 0.462. The molecule has 0 radical (unpaired) electrons. The minimum absolute atomic E-state index is 0.00681. The first kappa shape index (κ1) is 11.2. The molecule has 2 atom stereocenters. The third kappa shape index (κ3) is 1.85. The first-order chi connectivity index (χ1) is 8.75. The van der Waals surface area contributed by atoms with E-state index < -0.39 is 0 Å². The second kappa shape index (κ2) is 4.40. The molecule has 0 N–H and O–H groups in total. The molecular formula is C13H15N3O2. The summed E-state index contributed by atoms with van der Waals surface area (Å²) in [5.41, 5.74) is -0.231. The maximum Gasteiger partial charge on any atom is 0.267 e. The minimum atomic E-state index is -0.231. The Morgan fingerprint density at radius 1 is 1.44 bits per heavy atom. The molecule has 3 rings (SSSR count). The smallest absolute Gasteiger partial charge is 0.267 e. The number of carbonyl (C=O) groups excluding carboxylic acids is 1. The van der Waals surface area contributed by atoms with E-state index in [-0.39, 0.29) is 24.1 Å². The van der Waals surface area contributed by atoms with E-state index in [0.717, 1.165) is 19.3 Å². The number of aromatic nitrogens is 2. The Morgan fingerprint density at radius 3 is 3.11 bits per heavy atom. The van der Waals surface area contributed by atoms with Gasteiger partial charge in [-0.2, -0.15) is 5.10 Å². The number of fused-ring (bicyclic) bond motifs is 2. The van der Waals surface area contributed by atoms with Crippen LogP contribution in [0.1, 0.15) is 19.3 Å². The molecule has 2 bridgehead atoms. The molecule has 94 valence electrons. The van der Waals surface area contributed by atoms with Crippen molar-refractivity contribution in [2.24, 2.45) is 0 Å². The fourth-order valence-corrected chi connectivity index (χ4v) is 2.83. The van der Waals surface area contributed by atoms with E-state index >= 15 is 0 Å². The molecule has 0 saturated carbocycles. The number of hydrogen-bond acceptors (Lipinski definition) is 3. The Bertz CT molecular complexity index is 549. The van der Waals surface area contributed by atoms with Crippen molar-refractivity contribution >= 4 is 5.91 Å². The van der Waals surface area contributed by atoms with E-state index in [1.165, 1.54) is 16.9 Å². The van der Waals surface area contributed by atoms with Crippen LogP contribution in [-0.4, -0.2) is 32.7 Å². The van der Waals surface area contributed by atoms with Crippen molar-refractivity contribution in [3.05, 3.63) is 40.8 Å². The van der Waals surface area contributed by atoms with Gasteiger partial charge >= 0.3 is 0 Å². The Kier molecular flexibility index (Phi) is 2.74. The molecule has 1 aromatic heterocycles. The second-order valence-electron chi connectivity index (χ2n) is 4.78. The van der Waals surface area contributed by atoms with E-state index in [9.17, 15) is 9.59 Å². The van der Waals surface area contributed by atoms with E-state index in [0.29, 0.717) is 6.04 Å². The first-order valence-electron chi connectivity index (χ1n) is 6.25. The molecule has 3 heterocycles. The number of carbonyl (C=O) groups is 1. The van der Waals surface area contributed by atoms with Gasteiger partial charge in [0.15, 0.2) is 0 Å². The predicted octanol–water partition coefficient (Wildman–Crippen LogP) is 0.563. The van der Waals surface area contributed by atoms with Crippen LogP contribution in [-0.2, 0) is 11.3 Å². The predicted molar refractivity (Wildman–Crippen MR) is 65.9 cm³/mol. The summed E-state index contributed by atoms with van der Waals surface area (Å²) in [6, 6.07) is 3.53. The number of amides is 1. The Balaban J connectivity index is 1.79. The Morgan fingerprint density at radius 2 is 2.33 bits per heavy atom. The van der Waals surface area contributed by atoms with Gasteiger partial charge in [-0.15, -0.1) is 0 Å². The molecule has 2 aliphatic rings. The normalized spacial score (nSPS) is 25.4. The third-order valence-corrected chi connectivity index (χ3v) is 3.67. The molecule has 0 spiro atoms. The van der Waals surface area contributed by atoms with Gasteiger partial charge in [-0.05, 0) is 25.3 Å². The third-order valence-electron chi connectivity index (χ3n) is 3.67. The molecule has 0 aromatic carbocycles. The molecule has 1 aromatic rings. The van der Waals surface area contributed by atoms with Crippen LogP contribution in [0.25, 0.3) is 0 Å². The van der Waals surface area contributed by atoms with Crippen LogP contribution >= 0.6 is 0 Å². The highest BCUT2D eigenvalue weighted by Gasteiger charge is 2.36. The van der Waals surface area contributed by atoms with Crippen LogP contribution in [0.2, 0.25) is 0 Å². The summed E-state index contributed by atoms with van der Waals surface area (Å²) >= 11 is 0. The van der Waals surface area contributed by atoms with Gasteiger partial charge in [-0.3, -0.25) is 9.59 Å². The Hall–Kier alpha value is -1.91. The van der Waals surface area contributed by atoms with Gasteiger partial charge in [-0.1, -0.05) is 12.2 Å². The maximum absolute atomic E-state index is 12.3. The van der Waals surface area contributed by atoms with Crippen molar-refractivity contribution < 1.29 is 4.79 Å². The summed E-state index contributed by atoms with van der Waals surface area (Å²) in [5, 5.41) is 3.92. The monoisotopic (exact) mass is 245 g/mol. The highest BCUT2D eigenvalue weighted by molar-refractivity contribution is 5.77. The average Bonchev–Trinajstić information content (AvgIpc) is 2.62. The van der Waals surface area contributed by atoms with Crippen LogP contribution < -0.4 is 5.56 Å². The summed E-state index contributed by atoms with van der Waals surface area (Å²) in [6.07, 6.45) is 8.80. The van der Waals surface area contributed by atoms with Crippen molar-refractivity contribution in [1.82, 2.24) is 14.7 Å². The average molecular weight is 245 g/mol. The van der Waals surface area contributed by atoms with Crippen molar-refractivity contribution in [3.8, 4) is 0 Å². The lowest BCUT2D eigenvalue weighted by Gasteiger charge is -2.31. The van der Waals surface area contributed by atoms with Crippen molar-refractivity contribution in [2.45, 2.75) is 37.9 Å². The van der Waals surface area contributed by atoms with E-state index in [2.05, 4.69) is 17.3 Å². The van der Waals surface area contributed by atoms with E-state index in [1.807, 2.05) is 4.90 Å². The molecule has 1 saturated heterocycles. The first-order valence-corrected chi connectivity index (χ1v) is 6.25. The molecular weight excluding hydrogens is 230 g/mol. The van der Waals surface area contributed by atoms with Crippen LogP contribution in [0.4, 0.5) is 0 Å². The van der Waals surface area contributed by atoms with Gasteiger partial charge in [0.2, 0.25) is 5.91 Å². The zero-order chi connectivity index (χ0) is 12.5. The molecule has 5 heteroatoms. The molecule has 18 heavy (non-hydrogen) atoms. The highest BCUT2D eigenvalue weighted by Crippen LogP contribution is 2.31.